The Morgan fingerprint density at radius 3 is 2.94 bits per heavy atom. The molecule has 2 aromatic heterocycles. The Hall–Kier alpha value is -1.33. The monoisotopic (exact) mass is 259 g/mol. The van der Waals surface area contributed by atoms with Crippen molar-refractivity contribution >= 4 is 12.4 Å². The quantitative estimate of drug-likeness (QED) is 0.865. The molecule has 4 nitrogen and oxygen atoms in total. The predicted molar refractivity (Wildman–Crippen MR) is 64.7 cm³/mol. The van der Waals surface area contributed by atoms with Crippen LogP contribution in [0.15, 0.2) is 35.1 Å². The maximum Gasteiger partial charge on any atom is 0.117 e. The van der Waals surface area contributed by atoms with Gasteiger partial charge in [-0.2, -0.15) is 5.10 Å². The molecule has 0 aliphatic heterocycles. The molecular formula is C11H15ClFN3O. The lowest BCUT2D eigenvalue weighted by atomic mass is 10.4. The summed E-state index contributed by atoms with van der Waals surface area (Å²) in [6.07, 6.45) is 3.32. The molecule has 2 aromatic rings. The fraction of sp³-hybridized carbons (Fsp3) is 0.364. The maximum absolute atomic E-state index is 12.2. The number of hydrogen-bond donors (Lipinski definition) is 1. The van der Waals surface area contributed by atoms with Gasteiger partial charge in [-0.25, -0.2) is 4.39 Å². The van der Waals surface area contributed by atoms with Gasteiger partial charge in [-0.05, 0) is 18.2 Å². The van der Waals surface area contributed by atoms with E-state index in [0.717, 1.165) is 11.5 Å². The van der Waals surface area contributed by atoms with E-state index in [-0.39, 0.29) is 12.4 Å². The molecule has 0 saturated heterocycles. The Labute approximate surface area is 105 Å². The number of nitrogens with zero attached hydrogens (tertiary/aromatic N) is 2. The van der Waals surface area contributed by atoms with Gasteiger partial charge in [0, 0.05) is 12.7 Å². The summed E-state index contributed by atoms with van der Waals surface area (Å²) >= 11 is 0. The summed E-state index contributed by atoms with van der Waals surface area (Å²) in [6, 6.07) is 5.64. The number of rotatable bonds is 6. The first-order valence-electron chi connectivity index (χ1n) is 5.20. The van der Waals surface area contributed by atoms with Gasteiger partial charge in [-0.1, -0.05) is 0 Å². The minimum absolute atomic E-state index is 0. The standard InChI is InChI=1S/C11H14FN3O.ClH/c12-4-6-15-10(3-5-14-15)8-13-9-11-2-1-7-16-11;/h1-3,5,7,13H,4,6,8-9H2;1H. The van der Waals surface area contributed by atoms with Crippen molar-refractivity contribution in [2.45, 2.75) is 19.6 Å². The SMILES string of the molecule is Cl.FCCn1nccc1CNCc1ccco1. The molecule has 0 amide bonds. The summed E-state index contributed by atoms with van der Waals surface area (Å²) in [4.78, 5) is 0. The first kappa shape index (κ1) is 13.7. The molecule has 0 aliphatic carbocycles. The van der Waals surface area contributed by atoms with E-state index >= 15 is 0 Å². The smallest absolute Gasteiger partial charge is 0.117 e. The van der Waals surface area contributed by atoms with Gasteiger partial charge in [-0.3, -0.25) is 4.68 Å². The first-order valence-corrected chi connectivity index (χ1v) is 5.20. The molecule has 94 valence electrons. The Bertz CT molecular complexity index is 416. The molecule has 0 aliphatic rings. The average molecular weight is 260 g/mol. The van der Waals surface area contributed by atoms with Gasteiger partial charge in [-0.15, -0.1) is 12.4 Å². The zero-order valence-electron chi connectivity index (χ0n) is 9.30. The third-order valence-electron chi connectivity index (χ3n) is 2.29. The normalized spacial score (nSPS) is 10.2. The van der Waals surface area contributed by atoms with Gasteiger partial charge in [0.05, 0.1) is 25.0 Å². The van der Waals surface area contributed by atoms with E-state index in [1.807, 2.05) is 18.2 Å². The minimum Gasteiger partial charge on any atom is -0.468 e. The fourth-order valence-corrected chi connectivity index (χ4v) is 1.52. The van der Waals surface area contributed by atoms with Gasteiger partial charge in [0.25, 0.3) is 0 Å². The molecule has 0 spiro atoms. The van der Waals surface area contributed by atoms with Crippen molar-refractivity contribution < 1.29 is 8.81 Å². The van der Waals surface area contributed by atoms with Crippen molar-refractivity contribution in [1.82, 2.24) is 15.1 Å². The number of nitrogens with one attached hydrogen (secondary N) is 1. The third-order valence-corrected chi connectivity index (χ3v) is 2.29. The number of hydrogen-bond acceptors (Lipinski definition) is 3. The molecule has 17 heavy (non-hydrogen) atoms. The number of halogens is 2. The van der Waals surface area contributed by atoms with Crippen LogP contribution in [0, 0.1) is 0 Å². The third kappa shape index (κ3) is 3.87. The molecule has 0 bridgehead atoms. The van der Waals surface area contributed by atoms with Crippen LogP contribution in [-0.2, 0) is 19.6 Å². The Kier molecular flexibility index (Phi) is 5.72. The molecule has 0 radical (unpaired) electrons. The van der Waals surface area contributed by atoms with Crippen molar-refractivity contribution in [3.05, 3.63) is 42.1 Å². The van der Waals surface area contributed by atoms with Crippen molar-refractivity contribution in [3.8, 4) is 0 Å². The molecule has 0 unspecified atom stereocenters. The fourth-order valence-electron chi connectivity index (χ4n) is 1.52. The van der Waals surface area contributed by atoms with Crippen LogP contribution >= 0.6 is 12.4 Å². The number of aryl methyl sites for hydroxylation is 1. The molecule has 0 aromatic carbocycles. The van der Waals surface area contributed by atoms with Crippen LogP contribution in [0.4, 0.5) is 4.39 Å². The zero-order chi connectivity index (χ0) is 11.2. The van der Waals surface area contributed by atoms with Gasteiger partial charge in [0.2, 0.25) is 0 Å². The van der Waals surface area contributed by atoms with E-state index in [0.29, 0.717) is 19.6 Å². The molecule has 0 saturated carbocycles. The first-order chi connectivity index (χ1) is 7.90. The van der Waals surface area contributed by atoms with E-state index in [9.17, 15) is 4.39 Å². The Morgan fingerprint density at radius 1 is 1.35 bits per heavy atom. The zero-order valence-corrected chi connectivity index (χ0v) is 10.1. The van der Waals surface area contributed by atoms with E-state index in [1.165, 1.54) is 0 Å². The van der Waals surface area contributed by atoms with Crippen molar-refractivity contribution in [2.24, 2.45) is 0 Å². The van der Waals surface area contributed by atoms with Gasteiger partial charge < -0.3 is 9.73 Å². The average Bonchev–Trinajstić information content (AvgIpc) is 2.91. The van der Waals surface area contributed by atoms with E-state index in [1.54, 1.807) is 17.1 Å². The lowest BCUT2D eigenvalue weighted by Gasteiger charge is -2.05. The Morgan fingerprint density at radius 2 is 2.24 bits per heavy atom. The number of alkyl halides is 1. The second-order valence-corrected chi connectivity index (χ2v) is 3.42. The van der Waals surface area contributed by atoms with Crippen LogP contribution in [0.5, 0.6) is 0 Å². The second kappa shape index (κ2) is 7.09. The summed E-state index contributed by atoms with van der Waals surface area (Å²) < 4.78 is 19.0. The van der Waals surface area contributed by atoms with E-state index in [2.05, 4.69) is 10.4 Å². The van der Waals surface area contributed by atoms with Gasteiger partial charge in [0.1, 0.15) is 12.4 Å². The summed E-state index contributed by atoms with van der Waals surface area (Å²) in [5.41, 5.74) is 0.976. The van der Waals surface area contributed by atoms with Crippen LogP contribution in [0.1, 0.15) is 11.5 Å². The van der Waals surface area contributed by atoms with Crippen LogP contribution in [0.3, 0.4) is 0 Å². The molecule has 0 fully saturated rings. The Balaban J connectivity index is 0.00000144. The highest BCUT2D eigenvalue weighted by molar-refractivity contribution is 5.85. The molecular weight excluding hydrogens is 245 g/mol. The van der Waals surface area contributed by atoms with Crippen LogP contribution < -0.4 is 5.32 Å². The van der Waals surface area contributed by atoms with Crippen LogP contribution in [-0.4, -0.2) is 16.5 Å². The minimum atomic E-state index is -0.396. The number of aromatic nitrogens is 2. The molecule has 0 atom stereocenters. The summed E-state index contributed by atoms with van der Waals surface area (Å²) in [5, 5.41) is 7.25. The molecule has 1 N–H and O–H groups in total. The topological polar surface area (TPSA) is 43.0 Å². The van der Waals surface area contributed by atoms with Gasteiger partial charge >= 0.3 is 0 Å². The molecule has 2 heterocycles. The molecule has 6 heteroatoms. The second-order valence-electron chi connectivity index (χ2n) is 3.42. The van der Waals surface area contributed by atoms with Crippen LogP contribution in [0.2, 0.25) is 0 Å². The van der Waals surface area contributed by atoms with E-state index < -0.39 is 6.67 Å². The van der Waals surface area contributed by atoms with Crippen molar-refractivity contribution in [3.63, 3.8) is 0 Å². The highest BCUT2D eigenvalue weighted by Crippen LogP contribution is 2.02. The summed E-state index contributed by atoms with van der Waals surface area (Å²) in [6.45, 7) is 1.23. The predicted octanol–water partition coefficient (Wildman–Crippen LogP) is 2.16. The highest BCUT2D eigenvalue weighted by atomic mass is 35.5. The highest BCUT2D eigenvalue weighted by Gasteiger charge is 2.02. The molecule has 2 rings (SSSR count). The maximum atomic E-state index is 12.2. The van der Waals surface area contributed by atoms with Crippen LogP contribution in [0.25, 0.3) is 0 Å². The number of furan rings is 1. The van der Waals surface area contributed by atoms with Gasteiger partial charge in [0.15, 0.2) is 0 Å². The van der Waals surface area contributed by atoms with E-state index in [4.69, 9.17) is 4.42 Å². The van der Waals surface area contributed by atoms with Crippen molar-refractivity contribution in [1.29, 1.82) is 0 Å². The van der Waals surface area contributed by atoms with Crippen molar-refractivity contribution in [2.75, 3.05) is 6.67 Å². The largest absolute Gasteiger partial charge is 0.468 e. The summed E-state index contributed by atoms with van der Waals surface area (Å²) in [7, 11) is 0. The summed E-state index contributed by atoms with van der Waals surface area (Å²) in [5.74, 6) is 0.886. The lowest BCUT2D eigenvalue weighted by molar-refractivity contribution is 0.414. The lowest BCUT2D eigenvalue weighted by Crippen LogP contribution is -2.16.